The summed E-state index contributed by atoms with van der Waals surface area (Å²) >= 11 is 1.32. The number of aromatic nitrogens is 3. The number of rotatable bonds is 7. The van der Waals surface area contributed by atoms with Gasteiger partial charge in [0.25, 0.3) is 0 Å². The van der Waals surface area contributed by atoms with Crippen LogP contribution >= 0.6 is 11.8 Å². The number of hydrogen-bond donors (Lipinski definition) is 4. The number of carboxylic acids is 1. The Labute approximate surface area is 192 Å². The molecule has 4 N–H and O–H groups in total. The Kier molecular flexibility index (Phi) is 5.97. The number of carboxylic acid groups (broad SMARTS) is 1. The molecule has 0 saturated carbocycles. The number of nitrogens with zero attached hydrogens (tertiary/aromatic N) is 3. The Hall–Kier alpha value is -3.61. The molecule has 12 nitrogen and oxygen atoms in total. The summed E-state index contributed by atoms with van der Waals surface area (Å²) in [5.74, 6) is -2.18. The molecule has 4 atom stereocenters. The highest BCUT2D eigenvalue weighted by molar-refractivity contribution is 8.01. The number of thioether (sulfide) groups is 1. The number of nitrogens with one attached hydrogen (secondary N) is 3. The van der Waals surface area contributed by atoms with E-state index in [4.69, 9.17) is 4.74 Å². The van der Waals surface area contributed by atoms with Crippen molar-refractivity contribution in [1.82, 2.24) is 30.9 Å². The van der Waals surface area contributed by atoms with Crippen LogP contribution in [0.3, 0.4) is 0 Å². The van der Waals surface area contributed by atoms with E-state index in [0.717, 1.165) is 0 Å². The Balaban J connectivity index is 1.45. The quantitative estimate of drug-likeness (QED) is 0.415. The summed E-state index contributed by atoms with van der Waals surface area (Å²) < 4.78 is 4.38. The highest BCUT2D eigenvalue weighted by atomic mass is 32.2. The van der Waals surface area contributed by atoms with E-state index in [0.29, 0.717) is 11.3 Å². The largest absolute Gasteiger partial charge is 0.480 e. The van der Waals surface area contributed by atoms with Gasteiger partial charge in [0.2, 0.25) is 11.8 Å². The van der Waals surface area contributed by atoms with E-state index >= 15 is 0 Å². The zero-order valence-corrected chi connectivity index (χ0v) is 18.5. The molecular formula is C20H22N6O6S. The maximum absolute atomic E-state index is 13.1. The van der Waals surface area contributed by atoms with E-state index in [1.807, 2.05) is 0 Å². The van der Waals surface area contributed by atoms with Gasteiger partial charge in [-0.25, -0.2) is 9.59 Å². The molecule has 2 aromatic rings. The number of carbonyl (C=O) groups is 4. The molecule has 3 heterocycles. The summed E-state index contributed by atoms with van der Waals surface area (Å²) in [5, 5.41) is 24.0. The normalized spacial score (nSPS) is 23.8. The highest BCUT2D eigenvalue weighted by Gasteiger charge is 2.64. The van der Waals surface area contributed by atoms with Gasteiger partial charge in [0, 0.05) is 4.75 Å². The summed E-state index contributed by atoms with van der Waals surface area (Å²) in [6.07, 6.45) is 0.541. The molecule has 1 aromatic carbocycles. The van der Waals surface area contributed by atoms with Crippen molar-refractivity contribution >= 4 is 35.6 Å². The van der Waals surface area contributed by atoms with Crippen molar-refractivity contribution in [2.24, 2.45) is 0 Å². The molecule has 33 heavy (non-hydrogen) atoms. The molecule has 0 aliphatic carbocycles. The summed E-state index contributed by atoms with van der Waals surface area (Å²) in [5.41, 5.74) is 0.889. The van der Waals surface area contributed by atoms with Gasteiger partial charge in [0.15, 0.2) is 0 Å². The van der Waals surface area contributed by atoms with Gasteiger partial charge in [-0.05, 0) is 19.4 Å². The number of aromatic amines is 1. The monoisotopic (exact) mass is 474 g/mol. The zero-order valence-electron chi connectivity index (χ0n) is 17.7. The zero-order chi connectivity index (χ0) is 23.8. The van der Waals surface area contributed by atoms with Gasteiger partial charge in [-0.3, -0.25) is 9.59 Å². The van der Waals surface area contributed by atoms with Crippen molar-refractivity contribution in [1.29, 1.82) is 0 Å². The second-order valence-electron chi connectivity index (χ2n) is 8.11. The first-order valence-electron chi connectivity index (χ1n) is 10.0. The van der Waals surface area contributed by atoms with Gasteiger partial charge >= 0.3 is 12.1 Å². The average molecular weight is 474 g/mol. The Morgan fingerprint density at radius 1 is 1.30 bits per heavy atom. The molecule has 174 valence electrons. The van der Waals surface area contributed by atoms with Gasteiger partial charge in [-0.1, -0.05) is 30.3 Å². The second kappa shape index (κ2) is 8.73. The van der Waals surface area contributed by atoms with Crippen LogP contribution in [0, 0.1) is 0 Å². The first kappa shape index (κ1) is 22.6. The molecule has 0 radical (unpaired) electrons. The van der Waals surface area contributed by atoms with Gasteiger partial charge in [0.05, 0.1) is 6.20 Å². The SMILES string of the molecule is CC1(C)SC2[C@H](NC(=O)[C@H](NC(=O)OCc3cn[nH]n3)c3ccccc3)C(=O)N2[C@H]1C(=O)O. The number of carbonyl (C=O) groups excluding carboxylic acids is 3. The van der Waals surface area contributed by atoms with Crippen LogP contribution < -0.4 is 10.6 Å². The van der Waals surface area contributed by atoms with Crippen LogP contribution in [-0.2, 0) is 25.7 Å². The summed E-state index contributed by atoms with van der Waals surface area (Å²) in [4.78, 5) is 51.1. The molecule has 2 saturated heterocycles. The number of ether oxygens (including phenoxy) is 1. The van der Waals surface area contributed by atoms with Gasteiger partial charge < -0.3 is 25.4 Å². The molecule has 0 bridgehead atoms. The topological polar surface area (TPSA) is 167 Å². The smallest absolute Gasteiger partial charge is 0.408 e. The number of aliphatic carboxylic acids is 1. The van der Waals surface area contributed by atoms with Crippen LogP contribution in [0.15, 0.2) is 36.5 Å². The number of β-lactam (4-membered cyclic amide) rings is 1. The number of H-pyrrole nitrogens is 1. The maximum atomic E-state index is 13.1. The molecule has 1 unspecified atom stereocenters. The van der Waals surface area contributed by atoms with E-state index in [1.165, 1.54) is 22.9 Å². The van der Waals surface area contributed by atoms with E-state index in [-0.39, 0.29) is 6.61 Å². The lowest BCUT2D eigenvalue weighted by Crippen LogP contribution is -2.71. The minimum absolute atomic E-state index is 0.147. The number of fused-ring (bicyclic) bond motifs is 1. The number of amides is 3. The molecular weight excluding hydrogens is 452 g/mol. The molecule has 1 aromatic heterocycles. The lowest BCUT2D eigenvalue weighted by Gasteiger charge is -2.43. The van der Waals surface area contributed by atoms with Crippen molar-refractivity contribution < 1.29 is 29.0 Å². The fourth-order valence-corrected chi connectivity index (χ4v) is 5.55. The molecule has 0 spiro atoms. The molecule has 2 aliphatic rings. The van der Waals surface area contributed by atoms with E-state index in [1.54, 1.807) is 44.2 Å². The predicted octanol–water partition coefficient (Wildman–Crippen LogP) is 0.404. The standard InChI is InChI=1S/C20H22N6O6S/c1-20(2)14(18(29)30)26-16(28)13(17(26)33-20)22-15(27)12(10-6-4-3-5-7-10)23-19(31)32-9-11-8-21-25-24-11/h3-8,12-14,17H,9H2,1-2H3,(H,22,27)(H,23,31)(H,29,30)(H,21,24,25)/t12-,13-,14+,17?/m1/s1. The van der Waals surface area contributed by atoms with Crippen LogP contribution in [-0.4, -0.2) is 71.5 Å². The molecule has 3 amide bonds. The van der Waals surface area contributed by atoms with E-state index in [2.05, 4.69) is 26.0 Å². The van der Waals surface area contributed by atoms with Gasteiger partial charge in [0.1, 0.15) is 35.8 Å². The molecule has 13 heteroatoms. The minimum Gasteiger partial charge on any atom is -0.480 e. The van der Waals surface area contributed by atoms with E-state index < -0.39 is 52.1 Å². The number of alkyl carbamates (subject to hydrolysis) is 1. The van der Waals surface area contributed by atoms with Crippen molar-refractivity contribution in [3.8, 4) is 0 Å². The molecule has 4 rings (SSSR count). The first-order valence-corrected chi connectivity index (χ1v) is 10.9. The maximum Gasteiger partial charge on any atom is 0.408 e. The third-order valence-electron chi connectivity index (χ3n) is 5.45. The van der Waals surface area contributed by atoms with Crippen LogP contribution in [0.5, 0.6) is 0 Å². The van der Waals surface area contributed by atoms with Crippen molar-refractivity contribution in [3.05, 3.63) is 47.8 Å². The third kappa shape index (κ3) is 4.35. The first-order chi connectivity index (χ1) is 15.7. The lowest BCUT2D eigenvalue weighted by molar-refractivity contribution is -0.161. The lowest BCUT2D eigenvalue weighted by atomic mass is 9.95. The van der Waals surface area contributed by atoms with Crippen molar-refractivity contribution in [3.63, 3.8) is 0 Å². The Bertz CT molecular complexity index is 1060. The third-order valence-corrected chi connectivity index (χ3v) is 7.02. The van der Waals surface area contributed by atoms with Crippen LogP contribution in [0.2, 0.25) is 0 Å². The van der Waals surface area contributed by atoms with Crippen LogP contribution in [0.25, 0.3) is 0 Å². The minimum atomic E-state index is -1.13. The molecule has 2 fully saturated rings. The average Bonchev–Trinajstić information content (AvgIpc) is 3.38. The fourth-order valence-electron chi connectivity index (χ4n) is 3.92. The Morgan fingerprint density at radius 2 is 2.03 bits per heavy atom. The van der Waals surface area contributed by atoms with Gasteiger partial charge in [-0.2, -0.15) is 15.4 Å². The summed E-state index contributed by atoms with van der Waals surface area (Å²) in [6, 6.07) is 5.48. The second-order valence-corrected chi connectivity index (χ2v) is 9.88. The summed E-state index contributed by atoms with van der Waals surface area (Å²) in [6.45, 7) is 3.35. The number of benzene rings is 1. The van der Waals surface area contributed by atoms with Gasteiger partial charge in [-0.15, -0.1) is 11.8 Å². The fraction of sp³-hybridized carbons (Fsp3) is 0.400. The van der Waals surface area contributed by atoms with Crippen molar-refractivity contribution in [2.75, 3.05) is 0 Å². The van der Waals surface area contributed by atoms with E-state index in [9.17, 15) is 24.3 Å². The molecule has 2 aliphatic heterocycles. The highest BCUT2D eigenvalue weighted by Crippen LogP contribution is 2.50. The predicted molar refractivity (Wildman–Crippen MR) is 115 cm³/mol. The van der Waals surface area contributed by atoms with Crippen LogP contribution in [0.1, 0.15) is 31.1 Å². The van der Waals surface area contributed by atoms with Crippen molar-refractivity contribution in [2.45, 2.75) is 48.7 Å². The Morgan fingerprint density at radius 3 is 2.67 bits per heavy atom. The summed E-state index contributed by atoms with van der Waals surface area (Å²) in [7, 11) is 0. The number of hydrogen-bond acceptors (Lipinski definition) is 8. The van der Waals surface area contributed by atoms with Crippen LogP contribution in [0.4, 0.5) is 4.79 Å².